The fraction of sp³-hybridized carbons (Fsp3) is 0.529. The van der Waals surface area contributed by atoms with E-state index in [1.54, 1.807) is 18.2 Å². The Morgan fingerprint density at radius 3 is 2.65 bits per heavy atom. The van der Waals surface area contributed by atoms with Crippen molar-refractivity contribution in [1.29, 1.82) is 0 Å². The first-order valence-electron chi connectivity index (χ1n) is 7.92. The van der Waals surface area contributed by atoms with Crippen molar-refractivity contribution in [2.24, 2.45) is 5.92 Å². The van der Waals surface area contributed by atoms with Crippen LogP contribution in [0.1, 0.15) is 36.5 Å². The number of rotatable bonds is 7. The van der Waals surface area contributed by atoms with Gasteiger partial charge in [0.1, 0.15) is 5.75 Å². The molecular formula is C17H22ClNO4. The van der Waals surface area contributed by atoms with Gasteiger partial charge in [-0.15, -0.1) is 0 Å². The third kappa shape index (κ3) is 4.94. The Labute approximate surface area is 141 Å². The number of carbonyl (C=O) groups excluding carboxylic acids is 1. The highest BCUT2D eigenvalue weighted by molar-refractivity contribution is 6.31. The molecule has 0 amide bonds. The minimum Gasteiger partial charge on any atom is -0.493 e. The van der Waals surface area contributed by atoms with Crippen LogP contribution in [0.3, 0.4) is 0 Å². The molecule has 0 atom stereocenters. The van der Waals surface area contributed by atoms with Crippen molar-refractivity contribution < 1.29 is 19.4 Å². The van der Waals surface area contributed by atoms with Crippen molar-refractivity contribution in [3.63, 3.8) is 0 Å². The highest BCUT2D eigenvalue weighted by Gasteiger charge is 2.24. The molecule has 0 unspecified atom stereocenters. The van der Waals surface area contributed by atoms with Gasteiger partial charge >= 0.3 is 5.97 Å². The lowest BCUT2D eigenvalue weighted by atomic mass is 9.97. The van der Waals surface area contributed by atoms with Crippen molar-refractivity contribution in [3.8, 4) is 5.75 Å². The number of hydrogen-bond donors (Lipinski definition) is 1. The number of carboxylic acid groups (broad SMARTS) is 1. The summed E-state index contributed by atoms with van der Waals surface area (Å²) in [6, 6.07) is 5.07. The maximum absolute atomic E-state index is 12.4. The van der Waals surface area contributed by atoms with Gasteiger partial charge in [-0.3, -0.25) is 9.59 Å². The molecule has 126 valence electrons. The molecule has 1 heterocycles. The maximum Gasteiger partial charge on any atom is 0.306 e. The molecule has 1 aromatic carbocycles. The molecule has 1 saturated heterocycles. The number of halogens is 1. The number of hydrogen-bond acceptors (Lipinski definition) is 4. The number of nitrogens with zero attached hydrogens (tertiary/aromatic N) is 1. The number of ketones is 1. The van der Waals surface area contributed by atoms with E-state index in [9.17, 15) is 9.59 Å². The summed E-state index contributed by atoms with van der Waals surface area (Å²) in [6.45, 7) is 4.43. The van der Waals surface area contributed by atoms with Gasteiger partial charge in [0.2, 0.25) is 0 Å². The molecule has 0 spiro atoms. The van der Waals surface area contributed by atoms with Crippen molar-refractivity contribution >= 4 is 23.4 Å². The summed E-state index contributed by atoms with van der Waals surface area (Å²) in [4.78, 5) is 25.5. The third-order valence-electron chi connectivity index (χ3n) is 4.13. The lowest BCUT2D eigenvalue weighted by molar-refractivity contribution is -0.143. The second-order valence-electron chi connectivity index (χ2n) is 5.70. The second-order valence-corrected chi connectivity index (χ2v) is 6.14. The number of carboxylic acids is 1. The Morgan fingerprint density at radius 2 is 2.04 bits per heavy atom. The number of piperidine rings is 1. The Balaban J connectivity index is 1.90. The van der Waals surface area contributed by atoms with E-state index >= 15 is 0 Å². The molecule has 23 heavy (non-hydrogen) atoms. The lowest BCUT2D eigenvalue weighted by Crippen LogP contribution is -2.37. The van der Waals surface area contributed by atoms with E-state index < -0.39 is 5.97 Å². The highest BCUT2D eigenvalue weighted by Crippen LogP contribution is 2.25. The maximum atomic E-state index is 12.4. The van der Waals surface area contributed by atoms with Crippen LogP contribution in [-0.4, -0.2) is 48.0 Å². The number of aliphatic carboxylic acids is 1. The largest absolute Gasteiger partial charge is 0.493 e. The number of benzene rings is 1. The molecule has 0 aromatic heterocycles. The summed E-state index contributed by atoms with van der Waals surface area (Å²) >= 11 is 5.98. The first-order chi connectivity index (χ1) is 11.0. The number of likely N-dealkylation sites (tertiary alicyclic amines) is 1. The molecular weight excluding hydrogens is 318 g/mol. The van der Waals surface area contributed by atoms with Gasteiger partial charge in [0.25, 0.3) is 0 Å². The summed E-state index contributed by atoms with van der Waals surface area (Å²) in [6.07, 6.45) is 1.66. The van der Waals surface area contributed by atoms with Crippen LogP contribution in [0, 0.1) is 5.92 Å². The van der Waals surface area contributed by atoms with E-state index in [1.807, 2.05) is 6.92 Å². The van der Waals surface area contributed by atoms with Crippen LogP contribution < -0.4 is 4.74 Å². The normalized spacial score (nSPS) is 16.3. The fourth-order valence-electron chi connectivity index (χ4n) is 2.80. The van der Waals surface area contributed by atoms with Gasteiger partial charge < -0.3 is 14.7 Å². The summed E-state index contributed by atoms with van der Waals surface area (Å²) in [5, 5.41) is 9.51. The Bertz CT molecular complexity index is 568. The minimum atomic E-state index is -0.721. The zero-order valence-electron chi connectivity index (χ0n) is 13.3. The molecule has 5 nitrogen and oxygen atoms in total. The molecule has 1 aromatic rings. The van der Waals surface area contributed by atoms with Crippen molar-refractivity contribution in [3.05, 3.63) is 28.8 Å². The van der Waals surface area contributed by atoms with E-state index in [2.05, 4.69) is 4.90 Å². The van der Waals surface area contributed by atoms with Crippen LogP contribution in [0.4, 0.5) is 0 Å². The van der Waals surface area contributed by atoms with Crippen LogP contribution in [0.2, 0.25) is 5.02 Å². The highest BCUT2D eigenvalue weighted by atomic mass is 35.5. The molecule has 1 fully saturated rings. The van der Waals surface area contributed by atoms with Gasteiger partial charge in [-0.1, -0.05) is 11.6 Å². The van der Waals surface area contributed by atoms with Gasteiger partial charge in [-0.05, 0) is 51.1 Å². The smallest absolute Gasteiger partial charge is 0.306 e. The van der Waals surface area contributed by atoms with Crippen molar-refractivity contribution in [2.45, 2.75) is 26.2 Å². The van der Waals surface area contributed by atoms with E-state index in [0.717, 1.165) is 13.1 Å². The monoisotopic (exact) mass is 339 g/mol. The van der Waals surface area contributed by atoms with Crippen molar-refractivity contribution in [1.82, 2.24) is 4.90 Å². The zero-order chi connectivity index (χ0) is 16.8. The number of Topliss-reactive ketones (excluding diaryl/α,β-unsaturated/α-hetero) is 1. The fourth-order valence-corrected chi connectivity index (χ4v) is 2.97. The van der Waals surface area contributed by atoms with E-state index in [0.29, 0.717) is 48.7 Å². The first-order valence-corrected chi connectivity index (χ1v) is 8.29. The van der Waals surface area contributed by atoms with E-state index in [-0.39, 0.29) is 11.7 Å². The first kappa shape index (κ1) is 17.8. The van der Waals surface area contributed by atoms with Gasteiger partial charge in [0.15, 0.2) is 5.78 Å². The predicted octanol–water partition coefficient (Wildman–Crippen LogP) is 3.11. The molecule has 2 rings (SSSR count). The van der Waals surface area contributed by atoms with Crippen LogP contribution in [0.25, 0.3) is 0 Å². The lowest BCUT2D eigenvalue weighted by Gasteiger charge is -2.29. The van der Waals surface area contributed by atoms with Crippen LogP contribution >= 0.6 is 11.6 Å². The van der Waals surface area contributed by atoms with E-state index in [4.69, 9.17) is 21.4 Å². The molecule has 0 bridgehead atoms. The van der Waals surface area contributed by atoms with Crippen LogP contribution in [0.15, 0.2) is 18.2 Å². The molecule has 1 aliphatic heterocycles. The Hall–Kier alpha value is -1.59. The SMILES string of the molecule is CCOc1ccc(Cl)cc1C(=O)CCN1CCC(C(=O)O)CC1. The number of ether oxygens (including phenoxy) is 1. The Kier molecular flexibility index (Phi) is 6.42. The Morgan fingerprint density at radius 1 is 1.35 bits per heavy atom. The van der Waals surface area contributed by atoms with Crippen molar-refractivity contribution in [2.75, 3.05) is 26.2 Å². The molecule has 0 saturated carbocycles. The average molecular weight is 340 g/mol. The second kappa shape index (κ2) is 8.31. The molecule has 6 heteroatoms. The van der Waals surface area contributed by atoms with Gasteiger partial charge in [0, 0.05) is 18.0 Å². The van der Waals surface area contributed by atoms with Gasteiger partial charge in [0.05, 0.1) is 18.1 Å². The molecule has 0 radical (unpaired) electrons. The van der Waals surface area contributed by atoms with Crippen LogP contribution in [-0.2, 0) is 4.79 Å². The minimum absolute atomic E-state index is 0.00342. The summed E-state index contributed by atoms with van der Waals surface area (Å²) in [5.41, 5.74) is 0.514. The van der Waals surface area contributed by atoms with Crippen LogP contribution in [0.5, 0.6) is 5.75 Å². The molecule has 1 N–H and O–H groups in total. The topological polar surface area (TPSA) is 66.8 Å². The molecule has 0 aliphatic carbocycles. The predicted molar refractivity (Wildman–Crippen MR) is 88.4 cm³/mol. The zero-order valence-corrected chi connectivity index (χ0v) is 14.0. The number of carbonyl (C=O) groups is 2. The summed E-state index contributed by atoms with van der Waals surface area (Å²) in [7, 11) is 0. The van der Waals surface area contributed by atoms with Gasteiger partial charge in [-0.25, -0.2) is 0 Å². The average Bonchev–Trinajstić information content (AvgIpc) is 2.54. The quantitative estimate of drug-likeness (QED) is 0.773. The van der Waals surface area contributed by atoms with E-state index in [1.165, 1.54) is 0 Å². The summed E-state index contributed by atoms with van der Waals surface area (Å²) < 4.78 is 5.49. The molecule has 1 aliphatic rings. The standard InChI is InChI=1S/C17H22ClNO4/c1-2-23-16-4-3-13(18)11-14(16)15(20)7-10-19-8-5-12(6-9-19)17(21)22/h3-4,11-12H,2,5-10H2,1H3,(H,21,22). The van der Waals surface area contributed by atoms with Gasteiger partial charge in [-0.2, -0.15) is 0 Å². The summed E-state index contributed by atoms with van der Waals surface area (Å²) in [5.74, 6) is -0.414. The third-order valence-corrected chi connectivity index (χ3v) is 4.37.